The first-order valence-corrected chi connectivity index (χ1v) is 6.67. The van der Waals surface area contributed by atoms with Crippen LogP contribution in [-0.2, 0) is 12.8 Å². The third-order valence-electron chi connectivity index (χ3n) is 2.82. The van der Waals surface area contributed by atoms with Gasteiger partial charge in [-0.3, -0.25) is 4.98 Å². The summed E-state index contributed by atoms with van der Waals surface area (Å²) in [6, 6.07) is 3.83. The zero-order chi connectivity index (χ0) is 13.8. The van der Waals surface area contributed by atoms with E-state index < -0.39 is 0 Å². The van der Waals surface area contributed by atoms with E-state index in [1.165, 1.54) is 6.33 Å². The molecule has 0 aliphatic carbocycles. The van der Waals surface area contributed by atoms with E-state index in [2.05, 4.69) is 15.0 Å². The number of hydrogen-bond donors (Lipinski definition) is 0. The van der Waals surface area contributed by atoms with Gasteiger partial charge in [0.05, 0.1) is 11.3 Å². The topological polar surface area (TPSA) is 47.9 Å². The highest BCUT2D eigenvalue weighted by Gasteiger charge is 2.12. The third kappa shape index (κ3) is 3.01. The highest BCUT2D eigenvalue weighted by Crippen LogP contribution is 2.29. The average molecular weight is 278 g/mol. The number of hydrogen-bond acceptors (Lipinski definition) is 4. The molecule has 4 nitrogen and oxygen atoms in total. The maximum atomic E-state index is 6.05. The van der Waals surface area contributed by atoms with Crippen molar-refractivity contribution in [3.63, 3.8) is 0 Å². The zero-order valence-electron chi connectivity index (χ0n) is 11.3. The van der Waals surface area contributed by atoms with Gasteiger partial charge in [-0.2, -0.15) is 0 Å². The van der Waals surface area contributed by atoms with Gasteiger partial charge in [0.1, 0.15) is 11.5 Å². The molecule has 0 unspecified atom stereocenters. The van der Waals surface area contributed by atoms with Crippen molar-refractivity contribution in [3.05, 3.63) is 40.6 Å². The molecule has 0 aromatic carbocycles. The van der Waals surface area contributed by atoms with E-state index in [1.54, 1.807) is 0 Å². The van der Waals surface area contributed by atoms with Crippen molar-refractivity contribution in [1.29, 1.82) is 0 Å². The van der Waals surface area contributed by atoms with E-state index in [4.69, 9.17) is 16.3 Å². The van der Waals surface area contributed by atoms with E-state index in [0.717, 1.165) is 35.5 Å². The lowest BCUT2D eigenvalue weighted by Crippen LogP contribution is -2.00. The Kier molecular flexibility index (Phi) is 4.32. The Morgan fingerprint density at radius 3 is 2.63 bits per heavy atom. The second-order valence-electron chi connectivity index (χ2n) is 4.15. The van der Waals surface area contributed by atoms with Crippen LogP contribution in [0.15, 0.2) is 18.5 Å². The summed E-state index contributed by atoms with van der Waals surface area (Å²) in [7, 11) is 0. The average Bonchev–Trinajstić information content (AvgIpc) is 2.41. The van der Waals surface area contributed by atoms with Crippen LogP contribution in [0.3, 0.4) is 0 Å². The molecule has 0 atom stereocenters. The summed E-state index contributed by atoms with van der Waals surface area (Å²) < 4.78 is 5.86. The number of rotatable bonds is 4. The molecule has 5 heteroatoms. The molecule has 0 saturated carbocycles. The Hall–Kier alpha value is -1.68. The lowest BCUT2D eigenvalue weighted by Gasteiger charge is -2.12. The van der Waals surface area contributed by atoms with Crippen molar-refractivity contribution < 1.29 is 4.74 Å². The fourth-order valence-corrected chi connectivity index (χ4v) is 2.07. The molecule has 2 heterocycles. The molecule has 100 valence electrons. The van der Waals surface area contributed by atoms with Gasteiger partial charge in [0.15, 0.2) is 5.75 Å². The smallest absolute Gasteiger partial charge is 0.227 e. The molecule has 0 spiro atoms. The summed E-state index contributed by atoms with van der Waals surface area (Å²) in [5.74, 6) is 1.22. The lowest BCUT2D eigenvalue weighted by molar-refractivity contribution is 0.446. The van der Waals surface area contributed by atoms with Crippen molar-refractivity contribution in [2.45, 2.75) is 33.6 Å². The van der Waals surface area contributed by atoms with Gasteiger partial charge in [-0.15, -0.1) is 0 Å². The summed E-state index contributed by atoms with van der Waals surface area (Å²) in [6.07, 6.45) is 2.93. The Bertz CT molecular complexity index is 587. The van der Waals surface area contributed by atoms with Gasteiger partial charge in [-0.1, -0.05) is 25.4 Å². The van der Waals surface area contributed by atoms with Crippen LogP contribution in [0.25, 0.3) is 0 Å². The molecule has 2 aromatic heterocycles. The number of aryl methyl sites for hydroxylation is 2. The molecule has 0 N–H and O–H groups in total. The molecule has 0 aliphatic rings. The molecule has 0 bridgehead atoms. The first-order chi connectivity index (χ1) is 9.15. The van der Waals surface area contributed by atoms with Crippen LogP contribution in [0.4, 0.5) is 0 Å². The van der Waals surface area contributed by atoms with E-state index in [0.29, 0.717) is 11.0 Å². The van der Waals surface area contributed by atoms with Crippen molar-refractivity contribution in [2.75, 3.05) is 0 Å². The molecule has 0 amide bonds. The number of aromatic nitrogens is 3. The first kappa shape index (κ1) is 13.7. The van der Waals surface area contributed by atoms with Crippen LogP contribution >= 0.6 is 11.6 Å². The highest BCUT2D eigenvalue weighted by molar-refractivity contribution is 6.30. The number of ether oxygens (including phenoxy) is 1. The summed E-state index contributed by atoms with van der Waals surface area (Å²) in [4.78, 5) is 12.6. The van der Waals surface area contributed by atoms with Crippen molar-refractivity contribution >= 4 is 11.6 Å². The molecular formula is C14H16ClN3O. The lowest BCUT2D eigenvalue weighted by atomic mass is 10.2. The van der Waals surface area contributed by atoms with Crippen molar-refractivity contribution in [2.24, 2.45) is 0 Å². The Balaban J connectivity index is 2.39. The fraction of sp³-hybridized carbons (Fsp3) is 0.357. The van der Waals surface area contributed by atoms with Gasteiger partial charge < -0.3 is 4.74 Å². The SMILES string of the molecule is CCc1nc(C)ccc1Oc1ncnc(Cl)c1CC. The normalized spacial score (nSPS) is 10.5. The van der Waals surface area contributed by atoms with Crippen LogP contribution in [0.1, 0.15) is 30.8 Å². The van der Waals surface area contributed by atoms with Crippen LogP contribution in [0.5, 0.6) is 11.6 Å². The Labute approximate surface area is 117 Å². The standard InChI is InChI=1S/C14H16ClN3O/c1-4-10-13(15)16-8-17-14(10)19-12-7-6-9(3)18-11(12)5-2/h6-8H,4-5H2,1-3H3. The van der Waals surface area contributed by atoms with Gasteiger partial charge in [-0.25, -0.2) is 9.97 Å². The summed E-state index contributed by atoms with van der Waals surface area (Å²) in [5, 5.41) is 0.436. The van der Waals surface area contributed by atoms with E-state index in [9.17, 15) is 0 Å². The van der Waals surface area contributed by atoms with E-state index in [-0.39, 0.29) is 0 Å². The maximum absolute atomic E-state index is 6.05. The largest absolute Gasteiger partial charge is 0.437 e. The summed E-state index contributed by atoms with van der Waals surface area (Å²) >= 11 is 6.05. The predicted octanol–water partition coefficient (Wildman–Crippen LogP) is 3.75. The van der Waals surface area contributed by atoms with Gasteiger partial charge >= 0.3 is 0 Å². The van der Waals surface area contributed by atoms with Crippen LogP contribution in [0.2, 0.25) is 5.15 Å². The molecule has 0 saturated heterocycles. The number of pyridine rings is 1. The third-order valence-corrected chi connectivity index (χ3v) is 3.15. The molecule has 0 radical (unpaired) electrons. The molecule has 2 rings (SSSR count). The quantitative estimate of drug-likeness (QED) is 0.799. The summed E-state index contributed by atoms with van der Waals surface area (Å²) in [5.41, 5.74) is 2.70. The van der Waals surface area contributed by atoms with Gasteiger partial charge in [0.2, 0.25) is 5.88 Å². The minimum atomic E-state index is 0.436. The number of halogens is 1. The minimum absolute atomic E-state index is 0.436. The first-order valence-electron chi connectivity index (χ1n) is 6.29. The second-order valence-corrected chi connectivity index (χ2v) is 4.51. The zero-order valence-corrected chi connectivity index (χ0v) is 12.0. The van der Waals surface area contributed by atoms with Crippen molar-refractivity contribution in [3.8, 4) is 11.6 Å². The molecule has 19 heavy (non-hydrogen) atoms. The molecule has 0 fully saturated rings. The van der Waals surface area contributed by atoms with E-state index >= 15 is 0 Å². The van der Waals surface area contributed by atoms with Gasteiger partial charge in [0, 0.05) is 5.69 Å². The van der Waals surface area contributed by atoms with Crippen LogP contribution in [0, 0.1) is 6.92 Å². The van der Waals surface area contributed by atoms with Gasteiger partial charge in [0.25, 0.3) is 0 Å². The Morgan fingerprint density at radius 2 is 1.95 bits per heavy atom. The number of nitrogens with zero attached hydrogens (tertiary/aromatic N) is 3. The van der Waals surface area contributed by atoms with Crippen molar-refractivity contribution in [1.82, 2.24) is 15.0 Å². The molecule has 2 aromatic rings. The van der Waals surface area contributed by atoms with Crippen LogP contribution in [-0.4, -0.2) is 15.0 Å². The molecule has 0 aliphatic heterocycles. The molecular weight excluding hydrogens is 262 g/mol. The van der Waals surface area contributed by atoms with Crippen LogP contribution < -0.4 is 4.74 Å². The second kappa shape index (κ2) is 5.97. The van der Waals surface area contributed by atoms with Gasteiger partial charge in [-0.05, 0) is 31.9 Å². The van der Waals surface area contributed by atoms with E-state index in [1.807, 2.05) is 32.9 Å². The Morgan fingerprint density at radius 1 is 1.16 bits per heavy atom. The highest BCUT2D eigenvalue weighted by atomic mass is 35.5. The summed E-state index contributed by atoms with van der Waals surface area (Å²) in [6.45, 7) is 6.00. The predicted molar refractivity (Wildman–Crippen MR) is 74.8 cm³/mol. The minimum Gasteiger partial charge on any atom is -0.437 e. The fourth-order valence-electron chi connectivity index (χ4n) is 1.81. The maximum Gasteiger partial charge on any atom is 0.227 e. The monoisotopic (exact) mass is 277 g/mol.